The quantitative estimate of drug-likeness (QED) is 0.638. The first-order chi connectivity index (χ1) is 11.1. The van der Waals surface area contributed by atoms with Crippen molar-refractivity contribution in [1.29, 1.82) is 0 Å². The number of amides is 1. The Hall–Kier alpha value is -2.53. The van der Waals surface area contributed by atoms with Gasteiger partial charge in [-0.1, -0.05) is 42.5 Å². The summed E-state index contributed by atoms with van der Waals surface area (Å²) >= 11 is 5.38. The predicted molar refractivity (Wildman–Crippen MR) is 91.7 cm³/mol. The molecule has 0 aromatic heterocycles. The number of hydrogen-bond acceptors (Lipinski definition) is 2. The first kappa shape index (κ1) is 15.4. The molecular formula is C18H15FN2OS. The minimum Gasteiger partial charge on any atom is -0.317 e. The summed E-state index contributed by atoms with van der Waals surface area (Å²) in [5, 5.41) is 0.465. The second-order valence-corrected chi connectivity index (χ2v) is 5.66. The van der Waals surface area contributed by atoms with Gasteiger partial charge in [-0.2, -0.15) is 0 Å². The van der Waals surface area contributed by atoms with Crippen LogP contribution in [0.3, 0.4) is 0 Å². The fraction of sp³-hybridized carbons (Fsp3) is 0.111. The van der Waals surface area contributed by atoms with Crippen LogP contribution in [0.2, 0.25) is 0 Å². The second-order valence-electron chi connectivity index (χ2n) is 5.30. The van der Waals surface area contributed by atoms with Gasteiger partial charge in [0.05, 0.1) is 6.54 Å². The van der Waals surface area contributed by atoms with Crippen molar-refractivity contribution in [2.24, 2.45) is 0 Å². The normalized spacial score (nSPS) is 16.5. The minimum absolute atomic E-state index is 0.148. The number of hydrogen-bond donors (Lipinski definition) is 0. The topological polar surface area (TPSA) is 23.6 Å². The maximum absolute atomic E-state index is 13.0. The van der Waals surface area contributed by atoms with Crippen LogP contribution in [-0.4, -0.2) is 27.9 Å². The summed E-state index contributed by atoms with van der Waals surface area (Å²) in [6.07, 6.45) is 1.72. The van der Waals surface area contributed by atoms with Gasteiger partial charge in [-0.3, -0.25) is 9.69 Å². The van der Waals surface area contributed by atoms with E-state index in [-0.39, 0.29) is 11.7 Å². The third-order valence-corrected chi connectivity index (χ3v) is 4.19. The van der Waals surface area contributed by atoms with E-state index in [1.54, 1.807) is 35.1 Å². The van der Waals surface area contributed by atoms with Crippen molar-refractivity contribution in [3.63, 3.8) is 0 Å². The molecule has 0 bridgehead atoms. The van der Waals surface area contributed by atoms with Crippen LogP contribution in [0.5, 0.6) is 0 Å². The van der Waals surface area contributed by atoms with E-state index in [9.17, 15) is 9.18 Å². The van der Waals surface area contributed by atoms with Gasteiger partial charge in [-0.05, 0) is 41.6 Å². The zero-order valence-corrected chi connectivity index (χ0v) is 13.4. The average molecular weight is 326 g/mol. The van der Waals surface area contributed by atoms with Crippen molar-refractivity contribution < 1.29 is 9.18 Å². The molecular weight excluding hydrogens is 311 g/mol. The van der Waals surface area contributed by atoms with Crippen molar-refractivity contribution in [2.45, 2.75) is 6.54 Å². The minimum atomic E-state index is -0.306. The Morgan fingerprint density at radius 1 is 1.09 bits per heavy atom. The van der Waals surface area contributed by atoms with E-state index < -0.39 is 0 Å². The van der Waals surface area contributed by atoms with Crippen LogP contribution in [-0.2, 0) is 11.3 Å². The molecule has 0 radical (unpaired) electrons. The number of benzene rings is 2. The summed E-state index contributed by atoms with van der Waals surface area (Å²) in [6.45, 7) is 0.434. The lowest BCUT2D eigenvalue weighted by Crippen LogP contribution is -2.30. The van der Waals surface area contributed by atoms with Crippen LogP contribution < -0.4 is 0 Å². The van der Waals surface area contributed by atoms with Crippen LogP contribution in [0.25, 0.3) is 6.08 Å². The molecule has 3 rings (SSSR count). The molecule has 0 unspecified atom stereocenters. The molecule has 3 nitrogen and oxygen atoms in total. The van der Waals surface area contributed by atoms with Crippen molar-refractivity contribution in [2.75, 3.05) is 7.05 Å². The van der Waals surface area contributed by atoms with E-state index in [4.69, 9.17) is 12.2 Å². The van der Waals surface area contributed by atoms with Gasteiger partial charge in [0.2, 0.25) is 0 Å². The lowest BCUT2D eigenvalue weighted by molar-refractivity contribution is -0.122. The summed E-state index contributed by atoms with van der Waals surface area (Å²) in [6, 6.07) is 15.7. The molecule has 0 saturated carbocycles. The first-order valence-electron chi connectivity index (χ1n) is 7.17. The highest BCUT2D eigenvalue weighted by atomic mass is 32.1. The zero-order valence-electron chi connectivity index (χ0n) is 12.6. The molecule has 1 heterocycles. The Morgan fingerprint density at radius 2 is 1.74 bits per heavy atom. The largest absolute Gasteiger partial charge is 0.317 e. The Labute approximate surface area is 139 Å². The molecule has 1 saturated heterocycles. The van der Waals surface area contributed by atoms with Gasteiger partial charge in [0.1, 0.15) is 11.5 Å². The van der Waals surface area contributed by atoms with Crippen molar-refractivity contribution in [1.82, 2.24) is 9.80 Å². The predicted octanol–water partition coefficient (Wildman–Crippen LogP) is 3.43. The van der Waals surface area contributed by atoms with E-state index in [1.165, 1.54) is 12.1 Å². The van der Waals surface area contributed by atoms with Crippen LogP contribution in [0.1, 0.15) is 11.1 Å². The Morgan fingerprint density at radius 3 is 2.39 bits per heavy atom. The number of carbonyl (C=O) groups is 1. The highest BCUT2D eigenvalue weighted by molar-refractivity contribution is 7.80. The Balaban J connectivity index is 1.87. The molecule has 1 aliphatic rings. The van der Waals surface area contributed by atoms with Crippen LogP contribution in [0.15, 0.2) is 60.3 Å². The first-order valence-corrected chi connectivity index (χ1v) is 7.58. The molecule has 0 aliphatic carbocycles. The fourth-order valence-electron chi connectivity index (χ4n) is 2.43. The highest BCUT2D eigenvalue weighted by Gasteiger charge is 2.35. The summed E-state index contributed by atoms with van der Waals surface area (Å²) in [5.74, 6) is -0.454. The number of halogens is 1. The maximum atomic E-state index is 13.0. The Kier molecular flexibility index (Phi) is 4.21. The van der Waals surface area contributed by atoms with Gasteiger partial charge in [0.25, 0.3) is 5.91 Å². The van der Waals surface area contributed by atoms with Crippen LogP contribution in [0.4, 0.5) is 4.39 Å². The van der Waals surface area contributed by atoms with Crippen molar-refractivity contribution in [3.8, 4) is 0 Å². The molecule has 1 fully saturated rings. The third-order valence-electron chi connectivity index (χ3n) is 3.70. The summed E-state index contributed by atoms with van der Waals surface area (Å²) in [5.41, 5.74) is 2.25. The summed E-state index contributed by atoms with van der Waals surface area (Å²) < 4.78 is 13.0. The standard InChI is InChI=1S/C18H15FN2OS/c1-20-16(11-13-7-9-15(19)10-8-13)17(22)21(18(20)23)12-14-5-3-2-4-6-14/h2-11H,12H2,1H3/b16-11-. The molecule has 23 heavy (non-hydrogen) atoms. The van der Waals surface area contributed by atoms with Crippen molar-refractivity contribution in [3.05, 3.63) is 77.2 Å². The lowest BCUT2D eigenvalue weighted by atomic mass is 10.2. The number of likely N-dealkylation sites (N-methyl/N-ethyl adjacent to an activating group) is 1. The molecule has 0 N–H and O–H groups in total. The van der Waals surface area contributed by atoms with Gasteiger partial charge in [0, 0.05) is 7.05 Å². The molecule has 1 amide bonds. The number of rotatable bonds is 3. The van der Waals surface area contributed by atoms with Gasteiger partial charge in [-0.15, -0.1) is 0 Å². The Bertz CT molecular complexity index is 771. The zero-order chi connectivity index (χ0) is 16.4. The molecule has 2 aromatic rings. The smallest absolute Gasteiger partial charge is 0.277 e. The number of nitrogens with zero attached hydrogens (tertiary/aromatic N) is 2. The average Bonchev–Trinajstić information content (AvgIpc) is 2.76. The van der Waals surface area contributed by atoms with Gasteiger partial charge < -0.3 is 4.90 Å². The highest BCUT2D eigenvalue weighted by Crippen LogP contribution is 2.24. The van der Waals surface area contributed by atoms with Gasteiger partial charge in [-0.25, -0.2) is 4.39 Å². The molecule has 0 spiro atoms. The lowest BCUT2D eigenvalue weighted by Gasteiger charge is -2.16. The third kappa shape index (κ3) is 3.14. The van der Waals surface area contributed by atoms with E-state index in [1.807, 2.05) is 30.3 Å². The van der Waals surface area contributed by atoms with Crippen molar-refractivity contribution >= 4 is 29.3 Å². The SMILES string of the molecule is CN1C(=S)N(Cc2ccccc2)C(=O)/C1=C/c1ccc(F)cc1. The van der Waals surface area contributed by atoms with E-state index in [2.05, 4.69) is 0 Å². The molecule has 116 valence electrons. The summed E-state index contributed by atoms with van der Waals surface area (Å²) in [7, 11) is 1.76. The fourth-order valence-corrected chi connectivity index (χ4v) is 2.68. The van der Waals surface area contributed by atoms with E-state index in [0.717, 1.165) is 11.1 Å². The van der Waals surface area contributed by atoms with E-state index >= 15 is 0 Å². The molecule has 5 heteroatoms. The van der Waals surface area contributed by atoms with Gasteiger partial charge in [0.15, 0.2) is 5.11 Å². The number of thiocarbonyl (C=S) groups is 1. The maximum Gasteiger partial charge on any atom is 0.277 e. The second kappa shape index (κ2) is 6.30. The molecule has 1 aliphatic heterocycles. The molecule has 0 atom stereocenters. The van der Waals surface area contributed by atoms with Gasteiger partial charge >= 0.3 is 0 Å². The van der Waals surface area contributed by atoms with Crippen LogP contribution in [0, 0.1) is 5.82 Å². The van der Waals surface area contributed by atoms with Crippen LogP contribution >= 0.6 is 12.2 Å². The monoisotopic (exact) mass is 326 g/mol. The molecule has 2 aromatic carbocycles. The number of carbonyl (C=O) groups excluding carboxylic acids is 1. The summed E-state index contributed by atoms with van der Waals surface area (Å²) in [4.78, 5) is 15.9. The van der Waals surface area contributed by atoms with E-state index in [0.29, 0.717) is 17.4 Å².